The highest BCUT2D eigenvalue weighted by molar-refractivity contribution is 5.94. The summed E-state index contributed by atoms with van der Waals surface area (Å²) in [5.41, 5.74) is 1.86. The van der Waals surface area contributed by atoms with Crippen LogP contribution >= 0.6 is 0 Å². The zero-order valence-corrected chi connectivity index (χ0v) is 16.2. The van der Waals surface area contributed by atoms with Crippen molar-refractivity contribution in [1.29, 1.82) is 0 Å². The van der Waals surface area contributed by atoms with Crippen molar-refractivity contribution in [2.45, 2.75) is 25.4 Å². The van der Waals surface area contributed by atoms with Crippen LogP contribution in [0, 0.1) is 0 Å². The summed E-state index contributed by atoms with van der Waals surface area (Å²) in [5.74, 6) is 0.869. The van der Waals surface area contributed by atoms with Crippen molar-refractivity contribution >= 4 is 11.7 Å². The van der Waals surface area contributed by atoms with Gasteiger partial charge >= 0.3 is 0 Å². The highest BCUT2D eigenvalue weighted by Crippen LogP contribution is 2.19. The summed E-state index contributed by atoms with van der Waals surface area (Å²) in [7, 11) is 0. The summed E-state index contributed by atoms with van der Waals surface area (Å²) in [6, 6.07) is 14.5. The monoisotopic (exact) mass is 380 g/mol. The Balaban J connectivity index is 1.27. The third kappa shape index (κ3) is 4.69. The van der Waals surface area contributed by atoms with Crippen LogP contribution in [0.1, 0.15) is 28.8 Å². The van der Waals surface area contributed by atoms with Crippen molar-refractivity contribution < 1.29 is 9.53 Å². The summed E-state index contributed by atoms with van der Waals surface area (Å²) in [6.45, 7) is 6.03. The second-order valence-corrected chi connectivity index (χ2v) is 7.44. The number of aromatic nitrogens is 1. The van der Waals surface area contributed by atoms with E-state index in [4.69, 9.17) is 4.74 Å². The van der Waals surface area contributed by atoms with Gasteiger partial charge in [0.05, 0.1) is 18.8 Å². The number of benzene rings is 1. The first-order chi connectivity index (χ1) is 13.8. The lowest BCUT2D eigenvalue weighted by Crippen LogP contribution is -2.50. The average Bonchev–Trinajstić information content (AvgIpc) is 2.79. The Morgan fingerprint density at radius 2 is 1.79 bits per heavy atom. The fraction of sp³-hybridized carbons (Fsp3) is 0.455. The van der Waals surface area contributed by atoms with E-state index in [1.807, 2.05) is 35.2 Å². The van der Waals surface area contributed by atoms with E-state index in [2.05, 4.69) is 27.3 Å². The lowest BCUT2D eigenvalue weighted by Gasteiger charge is -2.40. The van der Waals surface area contributed by atoms with Crippen LogP contribution in [0.15, 0.2) is 48.7 Å². The van der Waals surface area contributed by atoms with E-state index >= 15 is 0 Å². The van der Waals surface area contributed by atoms with Crippen molar-refractivity contribution in [2.75, 3.05) is 44.7 Å². The number of ether oxygens (including phenoxy) is 1. The van der Waals surface area contributed by atoms with Crippen molar-refractivity contribution in [1.82, 2.24) is 14.8 Å². The zero-order chi connectivity index (χ0) is 19.2. The Bertz CT molecular complexity index is 752. The first-order valence-corrected chi connectivity index (χ1v) is 10.1. The summed E-state index contributed by atoms with van der Waals surface area (Å²) in [6.07, 6.45) is 3.76. The van der Waals surface area contributed by atoms with Gasteiger partial charge in [-0.2, -0.15) is 0 Å². The molecule has 1 aromatic heterocycles. The smallest absolute Gasteiger partial charge is 0.255 e. The molecule has 0 bridgehead atoms. The van der Waals surface area contributed by atoms with Crippen LogP contribution in [0.3, 0.4) is 0 Å². The number of rotatable bonds is 5. The first-order valence-electron chi connectivity index (χ1n) is 10.1. The van der Waals surface area contributed by atoms with Gasteiger partial charge in [-0.1, -0.05) is 30.3 Å². The maximum Gasteiger partial charge on any atom is 0.255 e. The van der Waals surface area contributed by atoms with Crippen molar-refractivity contribution in [3.8, 4) is 0 Å². The van der Waals surface area contributed by atoms with Crippen LogP contribution in [0.5, 0.6) is 0 Å². The number of carbonyl (C=O) groups is 1. The van der Waals surface area contributed by atoms with Crippen molar-refractivity contribution in [2.24, 2.45) is 0 Å². The molecule has 4 rings (SSSR count). The van der Waals surface area contributed by atoms with Gasteiger partial charge in [0.15, 0.2) is 0 Å². The molecule has 0 spiro atoms. The number of anilines is 1. The van der Waals surface area contributed by atoms with Crippen LogP contribution in [0.4, 0.5) is 5.82 Å². The SMILES string of the molecule is O=C(c1ccc(NCc2ccccc2)nc1)N1CCC(N2CCOCC2)CC1. The molecule has 0 saturated carbocycles. The predicted octanol–water partition coefficient (Wildman–Crippen LogP) is 2.63. The highest BCUT2D eigenvalue weighted by Gasteiger charge is 2.28. The number of hydrogen-bond donors (Lipinski definition) is 1. The van der Waals surface area contributed by atoms with Crippen LogP contribution in [0.25, 0.3) is 0 Å². The molecule has 1 amide bonds. The average molecular weight is 380 g/mol. The zero-order valence-electron chi connectivity index (χ0n) is 16.2. The molecule has 6 nitrogen and oxygen atoms in total. The Hall–Kier alpha value is -2.44. The topological polar surface area (TPSA) is 57.7 Å². The molecule has 1 aromatic carbocycles. The molecule has 0 unspecified atom stereocenters. The van der Waals surface area contributed by atoms with Gasteiger partial charge in [-0.05, 0) is 30.5 Å². The van der Waals surface area contributed by atoms with Gasteiger partial charge in [-0.3, -0.25) is 9.69 Å². The normalized spacial score (nSPS) is 18.8. The number of amides is 1. The fourth-order valence-electron chi connectivity index (χ4n) is 3.97. The van der Waals surface area contributed by atoms with Gasteiger partial charge in [0.2, 0.25) is 0 Å². The molecule has 0 aliphatic carbocycles. The molecular formula is C22H28N4O2. The number of carbonyl (C=O) groups excluding carboxylic acids is 1. The molecule has 2 aliphatic rings. The molecule has 6 heteroatoms. The number of nitrogens with one attached hydrogen (secondary N) is 1. The second kappa shape index (κ2) is 9.17. The summed E-state index contributed by atoms with van der Waals surface area (Å²) < 4.78 is 5.44. The molecule has 3 heterocycles. The number of hydrogen-bond acceptors (Lipinski definition) is 5. The molecule has 0 radical (unpaired) electrons. The van der Waals surface area contributed by atoms with Crippen molar-refractivity contribution in [3.05, 3.63) is 59.8 Å². The first kappa shape index (κ1) is 18.9. The molecule has 2 aromatic rings. The Kier molecular flexibility index (Phi) is 6.19. The van der Waals surface area contributed by atoms with E-state index < -0.39 is 0 Å². The van der Waals surface area contributed by atoms with Crippen LogP contribution in [-0.2, 0) is 11.3 Å². The third-order valence-electron chi connectivity index (χ3n) is 5.64. The summed E-state index contributed by atoms with van der Waals surface area (Å²) in [4.78, 5) is 21.7. The molecule has 2 aliphatic heterocycles. The Morgan fingerprint density at radius 1 is 1.04 bits per heavy atom. The lowest BCUT2D eigenvalue weighted by atomic mass is 10.0. The number of nitrogens with zero attached hydrogens (tertiary/aromatic N) is 3. The lowest BCUT2D eigenvalue weighted by molar-refractivity contribution is 0.00158. The van der Waals surface area contributed by atoms with E-state index in [1.54, 1.807) is 6.20 Å². The summed E-state index contributed by atoms with van der Waals surface area (Å²) >= 11 is 0. The Morgan fingerprint density at radius 3 is 2.46 bits per heavy atom. The van der Waals surface area contributed by atoms with Crippen LogP contribution in [-0.4, -0.2) is 66.1 Å². The van der Waals surface area contributed by atoms with Gasteiger partial charge < -0.3 is 15.0 Å². The minimum absolute atomic E-state index is 0.0857. The molecule has 1 N–H and O–H groups in total. The molecular weight excluding hydrogens is 352 g/mol. The van der Waals surface area contributed by atoms with E-state index in [9.17, 15) is 4.79 Å². The predicted molar refractivity (Wildman–Crippen MR) is 109 cm³/mol. The molecule has 148 valence electrons. The third-order valence-corrected chi connectivity index (χ3v) is 5.64. The molecule has 2 fully saturated rings. The fourth-order valence-corrected chi connectivity index (χ4v) is 3.97. The number of pyridine rings is 1. The van der Waals surface area contributed by atoms with E-state index in [0.717, 1.165) is 64.6 Å². The minimum Gasteiger partial charge on any atom is -0.379 e. The second-order valence-electron chi connectivity index (χ2n) is 7.44. The Labute approximate surface area is 166 Å². The highest BCUT2D eigenvalue weighted by atomic mass is 16.5. The maximum atomic E-state index is 12.8. The minimum atomic E-state index is 0.0857. The molecule has 2 saturated heterocycles. The van der Waals surface area contributed by atoms with Gasteiger partial charge in [0.1, 0.15) is 5.82 Å². The van der Waals surface area contributed by atoms with Gasteiger partial charge in [0.25, 0.3) is 5.91 Å². The van der Waals surface area contributed by atoms with Crippen LogP contribution < -0.4 is 5.32 Å². The number of morpholine rings is 1. The van der Waals surface area contributed by atoms with Crippen LogP contribution in [0.2, 0.25) is 0 Å². The maximum absolute atomic E-state index is 12.8. The molecule has 0 atom stereocenters. The van der Waals surface area contributed by atoms with Crippen molar-refractivity contribution in [3.63, 3.8) is 0 Å². The largest absolute Gasteiger partial charge is 0.379 e. The summed E-state index contributed by atoms with van der Waals surface area (Å²) in [5, 5.41) is 3.30. The van der Waals surface area contributed by atoms with Gasteiger partial charge in [-0.25, -0.2) is 4.98 Å². The van der Waals surface area contributed by atoms with Gasteiger partial charge in [-0.15, -0.1) is 0 Å². The molecule has 28 heavy (non-hydrogen) atoms. The van der Waals surface area contributed by atoms with Gasteiger partial charge in [0, 0.05) is 45.0 Å². The number of piperidine rings is 1. The van der Waals surface area contributed by atoms with E-state index in [-0.39, 0.29) is 5.91 Å². The number of likely N-dealkylation sites (tertiary alicyclic amines) is 1. The van der Waals surface area contributed by atoms with E-state index in [1.165, 1.54) is 5.56 Å². The van der Waals surface area contributed by atoms with E-state index in [0.29, 0.717) is 11.6 Å². The quantitative estimate of drug-likeness (QED) is 0.864. The standard InChI is InChI=1S/C22H28N4O2/c27-22(26-10-8-20(9-11-26)25-12-14-28-15-13-25)19-6-7-21(24-17-19)23-16-18-4-2-1-3-5-18/h1-7,17,20H,8-16H2,(H,23,24).